The van der Waals surface area contributed by atoms with Gasteiger partial charge in [-0.25, -0.2) is 4.79 Å². The van der Waals surface area contributed by atoms with Gasteiger partial charge in [-0.3, -0.25) is 20.0 Å². The normalized spacial score (nSPS) is 15.7. The minimum Gasteiger partial charge on any atom is -0.450 e. The van der Waals surface area contributed by atoms with E-state index in [4.69, 9.17) is 56.9 Å². The summed E-state index contributed by atoms with van der Waals surface area (Å²) in [5, 5.41) is 16.5. The molecule has 3 unspecified atom stereocenters. The summed E-state index contributed by atoms with van der Waals surface area (Å²) in [6.07, 6.45) is 2.09. The number of nitrogens with two attached hydrogens (primary N) is 2. The van der Waals surface area contributed by atoms with Crippen LogP contribution in [0.2, 0.25) is 5.02 Å². The van der Waals surface area contributed by atoms with Gasteiger partial charge in [0.25, 0.3) is 5.91 Å². The van der Waals surface area contributed by atoms with Crippen LogP contribution in [-0.4, -0.2) is 33.4 Å². The van der Waals surface area contributed by atoms with Crippen molar-refractivity contribution in [3.8, 4) is 6.07 Å². The molecule has 3 heterocycles. The fraction of sp³-hybridized carbons (Fsp3) is 0.200. The van der Waals surface area contributed by atoms with Crippen LogP contribution < -0.4 is 17.0 Å². The minimum absolute atomic E-state index is 0. The monoisotopic (exact) mass is 582 g/mol. The second-order valence-electron chi connectivity index (χ2n) is 6.62. The zero-order valence-corrected chi connectivity index (χ0v) is 21.7. The molecular weight excluding hydrogens is 566 g/mol. The number of halogens is 5. The average molecular weight is 585 g/mol. The van der Waals surface area contributed by atoms with Crippen LogP contribution in [0.5, 0.6) is 0 Å². The molecule has 1 aliphatic rings. The molecule has 0 radical (unpaired) electrons. The first-order chi connectivity index (χ1) is 15.5. The fourth-order valence-electron chi connectivity index (χ4n) is 2.77. The molecule has 3 atom stereocenters. The molecule has 0 spiro atoms. The Kier molecular flexibility index (Phi) is 12.8. The van der Waals surface area contributed by atoms with Gasteiger partial charge in [0.2, 0.25) is 5.91 Å². The van der Waals surface area contributed by atoms with E-state index in [1.54, 1.807) is 23.0 Å². The lowest BCUT2D eigenvalue weighted by atomic mass is 10.0. The van der Waals surface area contributed by atoms with Crippen molar-refractivity contribution in [3.05, 3.63) is 68.5 Å². The van der Waals surface area contributed by atoms with Gasteiger partial charge in [-0.05, 0) is 25.1 Å². The Hall–Kier alpha value is -2.81. The number of cyclic esters (lactones) is 1. The lowest BCUT2D eigenvalue weighted by molar-refractivity contribution is -0.141. The van der Waals surface area contributed by atoms with Crippen molar-refractivity contribution in [1.29, 1.82) is 10.7 Å². The first-order valence-corrected chi connectivity index (χ1v) is 10.2. The number of aromatic nitrogens is 2. The number of hydrogen-bond acceptors (Lipinski definition) is 7. The standard InChI is InChI=1S/C13H13ClN4O.C7H4Cl2N2O3.2ClH/c1-8(11-4-2-3-5-17-11)18-7-9(14)6-10(12(18)15)13(16)19;8-3-4(9)7(13)14-5(3)2(1-10)6(11)12;;/h2-8,15H,1H3,(H2,16,19);2,5H,(H2,11,12);2*1H. The van der Waals surface area contributed by atoms with Gasteiger partial charge in [-0.2, -0.15) is 5.26 Å². The number of carbonyl (C=O) groups excluding carboxylic acids is 3. The molecule has 0 saturated heterocycles. The lowest BCUT2D eigenvalue weighted by Crippen LogP contribution is -2.33. The van der Waals surface area contributed by atoms with Gasteiger partial charge < -0.3 is 20.8 Å². The molecule has 0 aromatic carbocycles. The van der Waals surface area contributed by atoms with E-state index in [0.29, 0.717) is 5.02 Å². The van der Waals surface area contributed by atoms with E-state index in [1.807, 2.05) is 25.1 Å². The Bertz CT molecular complexity index is 1230. The highest BCUT2D eigenvalue weighted by Gasteiger charge is 2.40. The summed E-state index contributed by atoms with van der Waals surface area (Å²) >= 11 is 17.0. The van der Waals surface area contributed by atoms with Crippen molar-refractivity contribution in [2.24, 2.45) is 17.4 Å². The topological polar surface area (TPSA) is 178 Å². The van der Waals surface area contributed by atoms with Gasteiger partial charge in [-0.1, -0.05) is 40.9 Å². The third kappa shape index (κ3) is 7.59. The smallest absolute Gasteiger partial charge is 0.351 e. The van der Waals surface area contributed by atoms with Crippen molar-refractivity contribution >= 4 is 77.4 Å². The molecule has 0 bridgehead atoms. The average Bonchev–Trinajstić information content (AvgIpc) is 3.03. The zero-order chi connectivity index (χ0) is 24.9. The van der Waals surface area contributed by atoms with Gasteiger partial charge in [0.05, 0.1) is 33.4 Å². The van der Waals surface area contributed by atoms with Crippen LogP contribution >= 0.6 is 59.6 Å². The van der Waals surface area contributed by atoms with Crippen LogP contribution in [0.15, 0.2) is 46.7 Å². The number of amides is 2. The molecule has 0 fully saturated rings. The van der Waals surface area contributed by atoms with E-state index in [9.17, 15) is 14.4 Å². The molecule has 15 heteroatoms. The summed E-state index contributed by atoms with van der Waals surface area (Å²) in [7, 11) is 0. The Morgan fingerprint density at radius 1 is 1.26 bits per heavy atom. The Labute approximate surface area is 227 Å². The van der Waals surface area contributed by atoms with E-state index in [2.05, 4.69) is 9.72 Å². The Balaban J connectivity index is 0.000000652. The predicted octanol–water partition coefficient (Wildman–Crippen LogP) is 2.79. The number of ether oxygens (including phenoxy) is 1. The number of carbonyl (C=O) groups is 3. The first kappa shape index (κ1) is 32.2. The van der Waals surface area contributed by atoms with Crippen LogP contribution in [0.1, 0.15) is 29.0 Å². The number of primary amides is 2. The van der Waals surface area contributed by atoms with Crippen molar-refractivity contribution in [3.63, 3.8) is 0 Å². The van der Waals surface area contributed by atoms with Crippen LogP contribution in [0.25, 0.3) is 0 Å². The third-order valence-corrected chi connectivity index (χ3v) is 5.54. The van der Waals surface area contributed by atoms with Gasteiger partial charge in [0.1, 0.15) is 10.5 Å². The van der Waals surface area contributed by atoms with E-state index in [0.717, 1.165) is 5.69 Å². The van der Waals surface area contributed by atoms with Gasteiger partial charge >= 0.3 is 5.97 Å². The highest BCUT2D eigenvalue weighted by Crippen LogP contribution is 2.32. The molecule has 35 heavy (non-hydrogen) atoms. The number of nitriles is 1. The molecule has 1 aliphatic heterocycles. The van der Waals surface area contributed by atoms with Crippen molar-refractivity contribution in [1.82, 2.24) is 9.55 Å². The Morgan fingerprint density at radius 3 is 2.31 bits per heavy atom. The summed E-state index contributed by atoms with van der Waals surface area (Å²) in [5.74, 6) is -3.77. The zero-order valence-electron chi connectivity index (χ0n) is 17.8. The van der Waals surface area contributed by atoms with Crippen LogP contribution in [-0.2, 0) is 14.3 Å². The minimum atomic E-state index is -1.32. The summed E-state index contributed by atoms with van der Waals surface area (Å²) in [4.78, 5) is 37.2. The van der Waals surface area contributed by atoms with Crippen molar-refractivity contribution < 1.29 is 19.1 Å². The second-order valence-corrected chi connectivity index (χ2v) is 7.84. The number of pyridine rings is 2. The van der Waals surface area contributed by atoms with Crippen LogP contribution in [0.4, 0.5) is 0 Å². The van der Waals surface area contributed by atoms with Gasteiger partial charge in [0, 0.05) is 12.4 Å². The number of rotatable bonds is 5. The highest BCUT2D eigenvalue weighted by atomic mass is 35.5. The number of esters is 1. The molecule has 188 valence electrons. The summed E-state index contributed by atoms with van der Waals surface area (Å²) in [6, 6.07) is 8.29. The van der Waals surface area contributed by atoms with E-state index in [1.165, 1.54) is 6.07 Å². The van der Waals surface area contributed by atoms with Gasteiger partial charge in [0.15, 0.2) is 12.0 Å². The number of hydrogen-bond donors (Lipinski definition) is 3. The Morgan fingerprint density at radius 2 is 1.89 bits per heavy atom. The van der Waals surface area contributed by atoms with Crippen molar-refractivity contribution in [2.45, 2.75) is 19.1 Å². The molecule has 10 nitrogen and oxygen atoms in total. The molecule has 2 aromatic rings. The van der Waals surface area contributed by atoms with Crippen molar-refractivity contribution in [2.75, 3.05) is 0 Å². The summed E-state index contributed by atoms with van der Waals surface area (Å²) < 4.78 is 6.17. The highest BCUT2D eigenvalue weighted by molar-refractivity contribution is 6.48. The van der Waals surface area contributed by atoms with Crippen LogP contribution in [0.3, 0.4) is 0 Å². The van der Waals surface area contributed by atoms with Gasteiger partial charge in [-0.15, -0.1) is 24.8 Å². The molecule has 3 rings (SSSR count). The van der Waals surface area contributed by atoms with Crippen LogP contribution in [0, 0.1) is 22.7 Å². The third-order valence-electron chi connectivity index (χ3n) is 4.48. The molecule has 0 aliphatic carbocycles. The quantitative estimate of drug-likeness (QED) is 0.455. The maximum atomic E-state index is 11.3. The van der Waals surface area contributed by atoms with E-state index >= 15 is 0 Å². The summed E-state index contributed by atoms with van der Waals surface area (Å²) in [6.45, 7) is 1.88. The number of nitrogens with one attached hydrogen (secondary N) is 1. The summed E-state index contributed by atoms with van der Waals surface area (Å²) in [5.41, 5.74) is 11.0. The predicted molar refractivity (Wildman–Crippen MR) is 133 cm³/mol. The maximum absolute atomic E-state index is 11.3. The molecular formula is C20H19Cl5N6O4. The first-order valence-electron chi connectivity index (χ1n) is 9.11. The molecule has 0 saturated carbocycles. The molecule has 2 amide bonds. The maximum Gasteiger partial charge on any atom is 0.351 e. The largest absolute Gasteiger partial charge is 0.450 e. The second kappa shape index (κ2) is 13.9. The van der Waals surface area contributed by atoms with E-state index in [-0.39, 0.29) is 52.0 Å². The molecule has 5 N–H and O–H groups in total. The fourth-order valence-corrected chi connectivity index (χ4v) is 3.39. The lowest BCUT2D eigenvalue weighted by Gasteiger charge is -2.17. The SMILES string of the molecule is CC(c1ccccn1)n1cc(Cl)cc(C(N)=O)c1=N.Cl.Cl.N#CC(C(N)=O)C1OC(=O)C(Cl)=C1Cl. The number of nitrogens with zero attached hydrogens (tertiary/aromatic N) is 3. The van der Waals surface area contributed by atoms with E-state index < -0.39 is 29.8 Å². The molecule has 2 aromatic heterocycles.